The summed E-state index contributed by atoms with van der Waals surface area (Å²) in [6.45, 7) is 6.92. The Kier molecular flexibility index (Phi) is 3.91. The normalized spacial score (nSPS) is 22.6. The van der Waals surface area contributed by atoms with E-state index < -0.39 is 0 Å². The van der Waals surface area contributed by atoms with Crippen LogP contribution in [0.4, 0.5) is 0 Å². The van der Waals surface area contributed by atoms with Gasteiger partial charge in [-0.15, -0.1) is 11.3 Å². The largest absolute Gasteiger partial charge is 0.271 e. The summed E-state index contributed by atoms with van der Waals surface area (Å²) in [5.74, 6) is 6.47. The Labute approximate surface area is 109 Å². The van der Waals surface area contributed by atoms with Crippen LogP contribution in [0.3, 0.4) is 0 Å². The molecule has 1 aliphatic rings. The van der Waals surface area contributed by atoms with Gasteiger partial charge < -0.3 is 0 Å². The quantitative estimate of drug-likeness (QED) is 0.634. The molecule has 0 amide bonds. The first-order chi connectivity index (χ1) is 8.02. The maximum atomic E-state index is 5.77. The van der Waals surface area contributed by atoms with Crippen LogP contribution >= 0.6 is 11.3 Å². The van der Waals surface area contributed by atoms with Gasteiger partial charge >= 0.3 is 0 Å². The van der Waals surface area contributed by atoms with E-state index in [1.165, 1.54) is 35.4 Å². The maximum absolute atomic E-state index is 5.77. The molecule has 3 heteroatoms. The van der Waals surface area contributed by atoms with Crippen molar-refractivity contribution in [3.05, 3.63) is 21.9 Å². The number of aryl methyl sites for hydroxylation is 1. The van der Waals surface area contributed by atoms with Crippen LogP contribution in [0, 0.1) is 18.3 Å². The van der Waals surface area contributed by atoms with Crippen molar-refractivity contribution in [2.75, 3.05) is 0 Å². The van der Waals surface area contributed by atoms with Crippen molar-refractivity contribution < 1.29 is 0 Å². The SMILES string of the molecule is Cc1ccc(C(NN)C2CCC(C)(C)CC2)s1. The number of nitrogens with one attached hydrogen (secondary N) is 1. The summed E-state index contributed by atoms with van der Waals surface area (Å²) in [4.78, 5) is 2.77. The van der Waals surface area contributed by atoms with Crippen LogP contribution < -0.4 is 11.3 Å². The molecule has 0 radical (unpaired) electrons. The molecule has 3 N–H and O–H groups in total. The number of nitrogens with two attached hydrogens (primary N) is 1. The Morgan fingerprint density at radius 2 is 2.00 bits per heavy atom. The van der Waals surface area contributed by atoms with Gasteiger partial charge in [0.1, 0.15) is 0 Å². The smallest absolute Gasteiger partial charge is 0.0581 e. The molecule has 1 aliphatic carbocycles. The predicted octanol–water partition coefficient (Wildman–Crippen LogP) is 3.78. The molecule has 1 unspecified atom stereocenters. The van der Waals surface area contributed by atoms with Crippen LogP contribution in [-0.4, -0.2) is 0 Å². The molecule has 0 bridgehead atoms. The van der Waals surface area contributed by atoms with Crippen LogP contribution in [0.1, 0.15) is 55.3 Å². The fourth-order valence-electron chi connectivity index (χ4n) is 2.83. The van der Waals surface area contributed by atoms with E-state index in [2.05, 4.69) is 38.3 Å². The number of hydrogen-bond donors (Lipinski definition) is 2. The first-order valence-electron chi connectivity index (χ1n) is 6.54. The van der Waals surface area contributed by atoms with Gasteiger partial charge in [0, 0.05) is 9.75 Å². The minimum absolute atomic E-state index is 0.352. The third-order valence-corrected chi connectivity index (χ3v) is 5.19. The average molecular weight is 252 g/mol. The molecule has 1 saturated carbocycles. The van der Waals surface area contributed by atoms with Gasteiger partial charge in [-0.05, 0) is 56.1 Å². The summed E-state index contributed by atoms with van der Waals surface area (Å²) < 4.78 is 0. The standard InChI is InChI=1S/C14H24N2S/c1-10-4-5-12(17-10)13(16-15)11-6-8-14(2,3)9-7-11/h4-5,11,13,16H,6-9,15H2,1-3H3. The lowest BCUT2D eigenvalue weighted by Gasteiger charge is -2.37. The Morgan fingerprint density at radius 1 is 1.35 bits per heavy atom. The highest BCUT2D eigenvalue weighted by atomic mass is 32.1. The topological polar surface area (TPSA) is 38.0 Å². The zero-order valence-electron chi connectivity index (χ0n) is 11.1. The molecule has 17 heavy (non-hydrogen) atoms. The van der Waals surface area contributed by atoms with E-state index in [9.17, 15) is 0 Å². The number of thiophene rings is 1. The molecule has 1 aromatic heterocycles. The van der Waals surface area contributed by atoms with Crippen molar-refractivity contribution in [2.45, 2.75) is 52.5 Å². The highest BCUT2D eigenvalue weighted by Crippen LogP contribution is 2.43. The molecule has 96 valence electrons. The molecule has 2 rings (SSSR count). The Bertz CT molecular complexity index is 360. The van der Waals surface area contributed by atoms with Crippen LogP contribution in [0.25, 0.3) is 0 Å². The lowest BCUT2D eigenvalue weighted by atomic mass is 9.71. The maximum Gasteiger partial charge on any atom is 0.0581 e. The van der Waals surface area contributed by atoms with Crippen molar-refractivity contribution >= 4 is 11.3 Å². The molecular weight excluding hydrogens is 228 g/mol. The van der Waals surface area contributed by atoms with E-state index in [0.717, 1.165) is 0 Å². The fraction of sp³-hybridized carbons (Fsp3) is 0.714. The Morgan fingerprint density at radius 3 is 2.47 bits per heavy atom. The second-order valence-electron chi connectivity index (χ2n) is 6.09. The summed E-state index contributed by atoms with van der Waals surface area (Å²) in [5, 5.41) is 0. The van der Waals surface area contributed by atoms with Gasteiger partial charge in [0.05, 0.1) is 6.04 Å². The molecule has 1 fully saturated rings. The van der Waals surface area contributed by atoms with E-state index >= 15 is 0 Å². The van der Waals surface area contributed by atoms with E-state index in [4.69, 9.17) is 5.84 Å². The highest BCUT2D eigenvalue weighted by Gasteiger charge is 2.32. The van der Waals surface area contributed by atoms with Gasteiger partial charge in [0.15, 0.2) is 0 Å². The molecule has 1 heterocycles. The van der Waals surface area contributed by atoms with Gasteiger partial charge in [0.2, 0.25) is 0 Å². The van der Waals surface area contributed by atoms with Crippen molar-refractivity contribution in [1.82, 2.24) is 5.43 Å². The van der Waals surface area contributed by atoms with Gasteiger partial charge in [-0.1, -0.05) is 13.8 Å². The fourth-order valence-corrected chi connectivity index (χ4v) is 3.86. The summed E-state index contributed by atoms with van der Waals surface area (Å²) in [6.07, 6.45) is 5.22. The third-order valence-electron chi connectivity index (χ3n) is 4.10. The lowest BCUT2D eigenvalue weighted by molar-refractivity contribution is 0.162. The lowest BCUT2D eigenvalue weighted by Crippen LogP contribution is -2.36. The van der Waals surface area contributed by atoms with Gasteiger partial charge in [-0.3, -0.25) is 11.3 Å². The van der Waals surface area contributed by atoms with E-state index in [1.807, 2.05) is 11.3 Å². The third kappa shape index (κ3) is 3.09. The first-order valence-corrected chi connectivity index (χ1v) is 7.36. The van der Waals surface area contributed by atoms with Crippen LogP contribution in [0.5, 0.6) is 0 Å². The van der Waals surface area contributed by atoms with Crippen molar-refractivity contribution in [1.29, 1.82) is 0 Å². The molecule has 0 aliphatic heterocycles. The number of rotatable bonds is 3. The summed E-state index contributed by atoms with van der Waals surface area (Å²) in [7, 11) is 0. The van der Waals surface area contributed by atoms with E-state index in [-0.39, 0.29) is 0 Å². The minimum Gasteiger partial charge on any atom is -0.271 e. The Hall–Kier alpha value is -0.380. The molecule has 2 nitrogen and oxygen atoms in total. The van der Waals surface area contributed by atoms with Crippen molar-refractivity contribution in [3.63, 3.8) is 0 Å². The Balaban J connectivity index is 2.05. The molecular formula is C14H24N2S. The van der Waals surface area contributed by atoms with Gasteiger partial charge in [-0.2, -0.15) is 0 Å². The monoisotopic (exact) mass is 252 g/mol. The van der Waals surface area contributed by atoms with Crippen molar-refractivity contribution in [3.8, 4) is 0 Å². The van der Waals surface area contributed by atoms with Crippen molar-refractivity contribution in [2.24, 2.45) is 17.2 Å². The summed E-state index contributed by atoms with van der Waals surface area (Å²) in [6, 6.07) is 4.77. The molecule has 0 spiro atoms. The number of hydrazine groups is 1. The zero-order valence-corrected chi connectivity index (χ0v) is 11.9. The molecule has 1 atom stereocenters. The summed E-state index contributed by atoms with van der Waals surface area (Å²) in [5.41, 5.74) is 3.57. The van der Waals surface area contributed by atoms with E-state index in [1.54, 1.807) is 0 Å². The van der Waals surface area contributed by atoms with Crippen LogP contribution in [0.2, 0.25) is 0 Å². The minimum atomic E-state index is 0.352. The zero-order chi connectivity index (χ0) is 12.5. The predicted molar refractivity (Wildman–Crippen MR) is 74.9 cm³/mol. The van der Waals surface area contributed by atoms with Gasteiger partial charge in [-0.25, -0.2) is 0 Å². The molecule has 0 saturated heterocycles. The second kappa shape index (κ2) is 5.09. The second-order valence-corrected chi connectivity index (χ2v) is 7.41. The molecule has 0 aromatic carbocycles. The molecule has 1 aromatic rings. The average Bonchev–Trinajstić information content (AvgIpc) is 2.68. The first kappa shape index (κ1) is 13.1. The summed E-state index contributed by atoms with van der Waals surface area (Å²) >= 11 is 1.87. The van der Waals surface area contributed by atoms with Gasteiger partial charge in [0.25, 0.3) is 0 Å². The van der Waals surface area contributed by atoms with E-state index in [0.29, 0.717) is 17.4 Å². The highest BCUT2D eigenvalue weighted by molar-refractivity contribution is 7.12. The van der Waals surface area contributed by atoms with Crippen LogP contribution in [-0.2, 0) is 0 Å². The number of hydrogen-bond acceptors (Lipinski definition) is 3. The van der Waals surface area contributed by atoms with Crippen LogP contribution in [0.15, 0.2) is 12.1 Å².